The lowest BCUT2D eigenvalue weighted by Crippen LogP contribution is -2.21. The molecular formula is C12H20S. The molecule has 74 valence electrons. The molecule has 0 aromatic rings. The first-order chi connectivity index (χ1) is 6.21. The minimum absolute atomic E-state index is 0.412. The summed E-state index contributed by atoms with van der Waals surface area (Å²) in [4.78, 5) is 0. The molecule has 0 unspecified atom stereocenters. The van der Waals surface area contributed by atoms with E-state index in [1.165, 1.54) is 25.7 Å². The molecule has 13 heavy (non-hydrogen) atoms. The van der Waals surface area contributed by atoms with E-state index in [0.29, 0.717) is 0 Å². The third-order valence-electron chi connectivity index (χ3n) is 3.58. The molecule has 0 heterocycles. The number of allylic oxidation sites excluding steroid dienone is 2. The Bertz CT molecular complexity index is 220. The van der Waals surface area contributed by atoms with Crippen LogP contribution in [0.15, 0.2) is 24.3 Å². The van der Waals surface area contributed by atoms with Gasteiger partial charge in [-0.15, -0.1) is 0 Å². The van der Waals surface area contributed by atoms with Crippen molar-refractivity contribution < 1.29 is 0 Å². The fourth-order valence-corrected chi connectivity index (χ4v) is 5.52. The highest BCUT2D eigenvalue weighted by Gasteiger charge is 2.32. The van der Waals surface area contributed by atoms with E-state index in [-0.39, 0.29) is 0 Å². The van der Waals surface area contributed by atoms with Gasteiger partial charge in [0, 0.05) is 5.25 Å². The van der Waals surface area contributed by atoms with Crippen LogP contribution in [-0.2, 0) is 0 Å². The van der Waals surface area contributed by atoms with Gasteiger partial charge in [0.1, 0.15) is 0 Å². The van der Waals surface area contributed by atoms with Crippen LogP contribution in [-0.4, -0.2) is 23.0 Å². The summed E-state index contributed by atoms with van der Waals surface area (Å²) >= 11 is 0. The van der Waals surface area contributed by atoms with Gasteiger partial charge in [-0.05, 0) is 30.6 Å². The van der Waals surface area contributed by atoms with Gasteiger partial charge in [-0.3, -0.25) is 0 Å². The molecule has 0 N–H and O–H groups in total. The van der Waals surface area contributed by atoms with Gasteiger partial charge >= 0.3 is 0 Å². The molecule has 0 aliphatic heterocycles. The second-order valence-electron chi connectivity index (χ2n) is 4.63. The Balaban J connectivity index is 2.09. The maximum atomic E-state index is 2.52. The largest absolute Gasteiger partial charge is 0.234 e. The van der Waals surface area contributed by atoms with E-state index in [1.807, 2.05) is 0 Å². The van der Waals surface area contributed by atoms with E-state index in [9.17, 15) is 0 Å². The molecule has 0 bridgehead atoms. The molecule has 0 amide bonds. The summed E-state index contributed by atoms with van der Waals surface area (Å²) < 4.78 is 0. The Hall–Kier alpha value is -0.170. The molecule has 0 atom stereocenters. The average molecular weight is 196 g/mol. The van der Waals surface area contributed by atoms with Crippen molar-refractivity contribution in [3.63, 3.8) is 0 Å². The zero-order valence-electron chi connectivity index (χ0n) is 8.70. The van der Waals surface area contributed by atoms with E-state index >= 15 is 0 Å². The fourth-order valence-electron chi connectivity index (χ4n) is 2.53. The van der Waals surface area contributed by atoms with Gasteiger partial charge in [0.2, 0.25) is 0 Å². The highest BCUT2D eigenvalue weighted by molar-refractivity contribution is 8.33. The van der Waals surface area contributed by atoms with Gasteiger partial charge in [0.05, 0.1) is 0 Å². The smallest absolute Gasteiger partial charge is 0.0255 e. The summed E-state index contributed by atoms with van der Waals surface area (Å²) in [6.45, 7) is 0. The topological polar surface area (TPSA) is 0 Å². The normalized spacial score (nSPS) is 26.0. The van der Waals surface area contributed by atoms with Crippen molar-refractivity contribution in [2.45, 2.75) is 36.2 Å². The van der Waals surface area contributed by atoms with Crippen LogP contribution in [0.3, 0.4) is 0 Å². The first kappa shape index (κ1) is 9.39. The van der Waals surface area contributed by atoms with Gasteiger partial charge < -0.3 is 0 Å². The maximum absolute atomic E-state index is 2.52. The molecule has 1 heteroatoms. The number of rotatable bonds is 2. The van der Waals surface area contributed by atoms with Gasteiger partial charge in [0.25, 0.3) is 0 Å². The third-order valence-corrected chi connectivity index (χ3v) is 7.48. The summed E-state index contributed by atoms with van der Waals surface area (Å²) in [5.41, 5.74) is 0. The van der Waals surface area contributed by atoms with Crippen LogP contribution in [0.5, 0.6) is 0 Å². The molecule has 2 aliphatic carbocycles. The molecule has 0 saturated heterocycles. The van der Waals surface area contributed by atoms with Crippen LogP contribution >= 0.6 is 10.0 Å². The Labute approximate surface area is 83.4 Å². The predicted octanol–water partition coefficient (Wildman–Crippen LogP) is 3.49. The first-order valence-electron chi connectivity index (χ1n) is 5.27. The monoisotopic (exact) mass is 196 g/mol. The second kappa shape index (κ2) is 3.53. The van der Waals surface area contributed by atoms with Crippen LogP contribution < -0.4 is 0 Å². The standard InChI is InChI=1S/C12H20S/c1-13(2,11-7-3-4-8-11)12-9-5-6-10-12/h3-4,7-8,11-12H,5-6,9-10H2,1-2H3. The highest BCUT2D eigenvalue weighted by atomic mass is 32.3. The Morgan fingerprint density at radius 1 is 1.00 bits per heavy atom. The molecule has 1 fully saturated rings. The Morgan fingerprint density at radius 2 is 1.54 bits per heavy atom. The molecule has 1 saturated carbocycles. The molecule has 0 aromatic heterocycles. The lowest BCUT2D eigenvalue weighted by Gasteiger charge is -2.42. The average Bonchev–Trinajstić information content (AvgIpc) is 2.78. The van der Waals surface area contributed by atoms with Crippen molar-refractivity contribution in [3.05, 3.63) is 24.3 Å². The van der Waals surface area contributed by atoms with E-state index in [1.54, 1.807) is 0 Å². The van der Waals surface area contributed by atoms with Gasteiger partial charge in [-0.1, -0.05) is 37.1 Å². The second-order valence-corrected chi connectivity index (χ2v) is 8.81. The number of hydrogen-bond donors (Lipinski definition) is 0. The summed E-state index contributed by atoms with van der Waals surface area (Å²) in [6.07, 6.45) is 20.2. The predicted molar refractivity (Wildman–Crippen MR) is 63.8 cm³/mol. The van der Waals surface area contributed by atoms with Crippen molar-refractivity contribution in [2.75, 3.05) is 12.5 Å². The van der Waals surface area contributed by atoms with E-state index in [2.05, 4.69) is 36.8 Å². The SMILES string of the molecule is CS(C)(C1C=CC=C1)C1CCCC1. The first-order valence-corrected chi connectivity index (χ1v) is 7.85. The minimum atomic E-state index is -0.412. The zero-order valence-corrected chi connectivity index (χ0v) is 9.52. The quantitative estimate of drug-likeness (QED) is 0.634. The lowest BCUT2D eigenvalue weighted by molar-refractivity contribution is 0.886. The molecule has 0 spiro atoms. The van der Waals surface area contributed by atoms with Crippen LogP contribution in [0.4, 0.5) is 0 Å². The lowest BCUT2D eigenvalue weighted by atomic mass is 10.4. The van der Waals surface area contributed by atoms with Crippen molar-refractivity contribution in [1.29, 1.82) is 0 Å². The van der Waals surface area contributed by atoms with Crippen molar-refractivity contribution in [2.24, 2.45) is 0 Å². The third kappa shape index (κ3) is 1.71. The summed E-state index contributed by atoms with van der Waals surface area (Å²) in [6, 6.07) is 0. The molecular weight excluding hydrogens is 176 g/mol. The fraction of sp³-hybridized carbons (Fsp3) is 0.667. The van der Waals surface area contributed by atoms with Crippen molar-refractivity contribution >= 4 is 10.0 Å². The van der Waals surface area contributed by atoms with Crippen molar-refractivity contribution in [1.82, 2.24) is 0 Å². The van der Waals surface area contributed by atoms with Crippen molar-refractivity contribution in [3.8, 4) is 0 Å². The van der Waals surface area contributed by atoms with Crippen LogP contribution in [0.25, 0.3) is 0 Å². The van der Waals surface area contributed by atoms with Crippen LogP contribution in [0.2, 0.25) is 0 Å². The molecule has 2 rings (SSSR count). The van der Waals surface area contributed by atoms with E-state index in [4.69, 9.17) is 0 Å². The minimum Gasteiger partial charge on any atom is -0.234 e. The number of hydrogen-bond acceptors (Lipinski definition) is 0. The zero-order chi connectivity index (χ0) is 9.31. The van der Waals surface area contributed by atoms with Gasteiger partial charge in [0.15, 0.2) is 0 Å². The van der Waals surface area contributed by atoms with Gasteiger partial charge in [-0.2, -0.15) is 0 Å². The van der Waals surface area contributed by atoms with Crippen LogP contribution in [0, 0.1) is 0 Å². The van der Waals surface area contributed by atoms with Gasteiger partial charge in [-0.25, -0.2) is 10.0 Å². The maximum Gasteiger partial charge on any atom is 0.0255 e. The van der Waals surface area contributed by atoms with E-state index < -0.39 is 10.0 Å². The van der Waals surface area contributed by atoms with Crippen LogP contribution in [0.1, 0.15) is 25.7 Å². The molecule has 0 radical (unpaired) electrons. The summed E-state index contributed by atoms with van der Waals surface area (Å²) in [5, 5.41) is 1.81. The Kier molecular flexibility index (Phi) is 2.55. The molecule has 2 aliphatic rings. The molecule has 0 aromatic carbocycles. The summed E-state index contributed by atoms with van der Waals surface area (Å²) in [5.74, 6) is 0. The van der Waals surface area contributed by atoms with E-state index in [0.717, 1.165) is 10.5 Å². The Morgan fingerprint density at radius 3 is 2.08 bits per heavy atom. The molecule has 0 nitrogen and oxygen atoms in total. The highest BCUT2D eigenvalue weighted by Crippen LogP contribution is 2.57. The summed E-state index contributed by atoms with van der Waals surface area (Å²) in [7, 11) is -0.412.